The van der Waals surface area contributed by atoms with Gasteiger partial charge in [0, 0.05) is 29.1 Å². The average Bonchev–Trinajstić information content (AvgIpc) is 2.74. The van der Waals surface area contributed by atoms with Gasteiger partial charge in [0.25, 0.3) is 0 Å². The van der Waals surface area contributed by atoms with Gasteiger partial charge in [-0.3, -0.25) is 4.79 Å². The number of carbonyl (C=O) groups excluding carboxylic acids is 1. The van der Waals surface area contributed by atoms with Gasteiger partial charge in [-0.05, 0) is 42.5 Å². The Bertz CT molecular complexity index is 975. The second kappa shape index (κ2) is 10.1. The van der Waals surface area contributed by atoms with Gasteiger partial charge in [-0.25, -0.2) is 12.7 Å². The van der Waals surface area contributed by atoms with Gasteiger partial charge in [0.15, 0.2) is 0 Å². The predicted molar refractivity (Wildman–Crippen MR) is 121 cm³/mol. The first-order valence-corrected chi connectivity index (χ1v) is 12.4. The molecule has 0 radical (unpaired) electrons. The van der Waals surface area contributed by atoms with Crippen molar-refractivity contribution in [3.63, 3.8) is 0 Å². The number of nitrogens with zero attached hydrogens (tertiary/aromatic N) is 1. The number of hydrogen-bond donors (Lipinski definition) is 1. The minimum Gasteiger partial charge on any atom is -0.349 e. The number of piperidine rings is 1. The third-order valence-corrected chi connectivity index (χ3v) is 7.91. The quantitative estimate of drug-likeness (QED) is 0.634. The zero-order valence-electron chi connectivity index (χ0n) is 16.9. The van der Waals surface area contributed by atoms with Gasteiger partial charge in [-0.15, -0.1) is 0 Å². The smallest absolute Gasteiger partial charge is 0.223 e. The lowest BCUT2D eigenvalue weighted by atomic mass is 9.96. The summed E-state index contributed by atoms with van der Waals surface area (Å²) >= 11 is 12.0. The highest BCUT2D eigenvalue weighted by atomic mass is 35.5. The highest BCUT2D eigenvalue weighted by molar-refractivity contribution is 7.88. The number of hydrogen-bond acceptors (Lipinski definition) is 3. The van der Waals surface area contributed by atoms with Crippen molar-refractivity contribution in [3.8, 4) is 0 Å². The van der Waals surface area contributed by atoms with Crippen LogP contribution >= 0.6 is 23.2 Å². The number of amides is 1. The van der Waals surface area contributed by atoms with Gasteiger partial charge in [-0.1, -0.05) is 66.5 Å². The molecule has 1 heterocycles. The van der Waals surface area contributed by atoms with E-state index in [4.69, 9.17) is 23.2 Å². The number of nitrogens with one attached hydrogen (secondary N) is 1. The molecule has 0 bridgehead atoms. The zero-order valence-corrected chi connectivity index (χ0v) is 19.2. The molecule has 0 aliphatic carbocycles. The fraction of sp³-hybridized carbons (Fsp3) is 0.409. The van der Waals surface area contributed by atoms with Crippen molar-refractivity contribution >= 4 is 39.1 Å². The lowest BCUT2D eigenvalue weighted by Gasteiger charge is -2.31. The molecule has 1 atom stereocenters. The van der Waals surface area contributed by atoms with Crippen molar-refractivity contribution in [1.29, 1.82) is 0 Å². The lowest BCUT2D eigenvalue weighted by molar-refractivity contribution is -0.126. The van der Waals surface area contributed by atoms with E-state index in [1.807, 2.05) is 37.3 Å². The molecule has 1 amide bonds. The van der Waals surface area contributed by atoms with Crippen molar-refractivity contribution in [2.45, 2.75) is 38.0 Å². The van der Waals surface area contributed by atoms with E-state index in [-0.39, 0.29) is 23.6 Å². The molecular weight excluding hydrogens is 443 g/mol. The minimum absolute atomic E-state index is 0.0107. The third kappa shape index (κ3) is 5.76. The molecule has 0 aromatic heterocycles. The summed E-state index contributed by atoms with van der Waals surface area (Å²) in [6.45, 7) is 2.69. The minimum atomic E-state index is -3.52. The molecule has 30 heavy (non-hydrogen) atoms. The molecule has 0 unspecified atom stereocenters. The monoisotopic (exact) mass is 468 g/mol. The van der Waals surface area contributed by atoms with Gasteiger partial charge in [-0.2, -0.15) is 0 Å². The van der Waals surface area contributed by atoms with Crippen molar-refractivity contribution < 1.29 is 13.2 Å². The van der Waals surface area contributed by atoms with Crippen LogP contribution < -0.4 is 5.32 Å². The van der Waals surface area contributed by atoms with E-state index in [1.54, 1.807) is 18.2 Å². The fourth-order valence-electron chi connectivity index (χ4n) is 3.72. The normalized spacial score (nSPS) is 16.9. The van der Waals surface area contributed by atoms with E-state index in [2.05, 4.69) is 5.32 Å². The standard InChI is InChI=1S/C22H26Cl2N2O3S/c1-2-21(16-6-4-3-5-7-16)25-22(27)17-10-12-26(13-11-17)30(28,29)15-18-8-9-19(23)14-20(18)24/h3-9,14,17,21H,2,10-13,15H2,1H3,(H,25,27)/t21-/m0/s1. The van der Waals surface area contributed by atoms with Crippen LogP contribution in [0.2, 0.25) is 10.0 Å². The Morgan fingerprint density at radius 3 is 2.40 bits per heavy atom. The van der Waals surface area contributed by atoms with Gasteiger partial charge in [0.05, 0.1) is 11.8 Å². The molecule has 1 fully saturated rings. The van der Waals surface area contributed by atoms with E-state index < -0.39 is 10.0 Å². The first-order chi connectivity index (χ1) is 14.3. The highest BCUT2D eigenvalue weighted by Gasteiger charge is 2.32. The molecule has 1 saturated heterocycles. The van der Waals surface area contributed by atoms with Gasteiger partial charge < -0.3 is 5.32 Å². The first kappa shape index (κ1) is 23.1. The summed E-state index contributed by atoms with van der Waals surface area (Å²) in [4.78, 5) is 12.8. The van der Waals surface area contributed by atoms with Crippen LogP contribution in [0.1, 0.15) is 43.4 Å². The van der Waals surface area contributed by atoms with Crippen LogP contribution in [-0.2, 0) is 20.6 Å². The van der Waals surface area contributed by atoms with Crippen molar-refractivity contribution in [2.24, 2.45) is 5.92 Å². The molecule has 2 aromatic rings. The molecule has 0 saturated carbocycles. The van der Waals surface area contributed by atoms with Crippen molar-refractivity contribution in [1.82, 2.24) is 9.62 Å². The van der Waals surface area contributed by atoms with Crippen LogP contribution in [0, 0.1) is 5.92 Å². The predicted octanol–water partition coefficient (Wildman–Crippen LogP) is 4.80. The summed E-state index contributed by atoms with van der Waals surface area (Å²) in [5.74, 6) is -0.372. The molecule has 1 N–H and O–H groups in total. The zero-order chi connectivity index (χ0) is 21.7. The van der Waals surface area contributed by atoms with Gasteiger partial charge >= 0.3 is 0 Å². The Morgan fingerprint density at radius 2 is 1.80 bits per heavy atom. The maximum atomic E-state index is 12.8. The second-order valence-corrected chi connectivity index (χ2v) is 10.4. The summed E-state index contributed by atoms with van der Waals surface area (Å²) in [7, 11) is -3.52. The van der Waals surface area contributed by atoms with Crippen molar-refractivity contribution in [2.75, 3.05) is 13.1 Å². The summed E-state index contributed by atoms with van der Waals surface area (Å²) < 4.78 is 27.1. The molecule has 2 aromatic carbocycles. The van der Waals surface area contributed by atoms with Crippen LogP contribution in [0.3, 0.4) is 0 Å². The molecule has 1 aliphatic rings. The summed E-state index contributed by atoms with van der Waals surface area (Å²) in [6, 6.07) is 14.7. The summed E-state index contributed by atoms with van der Waals surface area (Å²) in [6.07, 6.45) is 1.81. The number of sulfonamides is 1. The van der Waals surface area contributed by atoms with Gasteiger partial charge in [0.1, 0.15) is 0 Å². The number of halogens is 2. The number of benzene rings is 2. The Hall–Kier alpha value is -1.60. The number of rotatable bonds is 7. The van der Waals surface area contributed by atoms with E-state index in [9.17, 15) is 13.2 Å². The van der Waals surface area contributed by atoms with Crippen LogP contribution in [0.15, 0.2) is 48.5 Å². The molecular formula is C22H26Cl2N2O3S. The number of carbonyl (C=O) groups is 1. The second-order valence-electron chi connectivity index (χ2n) is 7.55. The first-order valence-electron chi connectivity index (χ1n) is 10.1. The van der Waals surface area contributed by atoms with E-state index in [1.165, 1.54) is 4.31 Å². The maximum Gasteiger partial charge on any atom is 0.223 e. The molecule has 1 aliphatic heterocycles. The fourth-order valence-corrected chi connectivity index (χ4v) is 5.87. The third-order valence-electron chi connectivity index (χ3n) is 5.50. The average molecular weight is 469 g/mol. The van der Waals surface area contributed by atoms with Crippen LogP contribution in [0.5, 0.6) is 0 Å². The Kier molecular flexibility index (Phi) is 7.80. The molecule has 162 valence electrons. The maximum absolute atomic E-state index is 12.8. The molecule has 5 nitrogen and oxygen atoms in total. The highest BCUT2D eigenvalue weighted by Crippen LogP contribution is 2.27. The van der Waals surface area contributed by atoms with Crippen molar-refractivity contribution in [3.05, 3.63) is 69.7 Å². The molecule has 3 rings (SSSR count). The van der Waals surface area contributed by atoms with E-state index in [0.29, 0.717) is 41.5 Å². The van der Waals surface area contributed by atoms with Crippen LogP contribution in [0.25, 0.3) is 0 Å². The van der Waals surface area contributed by atoms with Crippen LogP contribution in [0.4, 0.5) is 0 Å². The summed E-state index contributed by atoms with van der Waals surface area (Å²) in [5.41, 5.74) is 1.60. The Balaban J connectivity index is 1.57. The Labute approximate surface area is 188 Å². The lowest BCUT2D eigenvalue weighted by Crippen LogP contribution is -2.44. The molecule has 0 spiro atoms. The SMILES string of the molecule is CC[C@H](NC(=O)C1CCN(S(=O)(=O)Cc2ccc(Cl)cc2Cl)CC1)c1ccccc1. The molecule has 8 heteroatoms. The van der Waals surface area contributed by atoms with Crippen LogP contribution in [-0.4, -0.2) is 31.7 Å². The van der Waals surface area contributed by atoms with Gasteiger partial charge in [0.2, 0.25) is 15.9 Å². The topological polar surface area (TPSA) is 66.5 Å². The summed E-state index contributed by atoms with van der Waals surface area (Å²) in [5, 5.41) is 3.93. The largest absolute Gasteiger partial charge is 0.349 e. The van der Waals surface area contributed by atoms with E-state index >= 15 is 0 Å². The van der Waals surface area contributed by atoms with E-state index in [0.717, 1.165) is 12.0 Å². The Morgan fingerprint density at radius 1 is 1.13 bits per heavy atom.